The molecule has 1 aromatic carbocycles. The van der Waals surface area contributed by atoms with Gasteiger partial charge in [-0.25, -0.2) is 9.37 Å². The van der Waals surface area contributed by atoms with Crippen molar-refractivity contribution in [3.63, 3.8) is 0 Å². The molecule has 0 fully saturated rings. The fourth-order valence-corrected chi connectivity index (χ4v) is 3.66. The highest BCUT2D eigenvalue weighted by Gasteiger charge is 2.15. The lowest BCUT2D eigenvalue weighted by Gasteiger charge is -1.97. The Kier molecular flexibility index (Phi) is 3.92. The van der Waals surface area contributed by atoms with E-state index in [1.165, 1.54) is 23.9 Å². The van der Waals surface area contributed by atoms with E-state index in [9.17, 15) is 4.39 Å². The summed E-state index contributed by atoms with van der Waals surface area (Å²) in [4.78, 5) is 7.35. The maximum Gasteiger partial charge on any atom is 0.171 e. The molecule has 21 heavy (non-hydrogen) atoms. The van der Waals surface area contributed by atoms with Crippen molar-refractivity contribution in [2.24, 2.45) is 0 Å². The standard InChI is InChI=1S/C13H6ClFN4S2/c14-11-9(5-16)12(21-19-11)20-13-17-6-10(18-13)7-1-3-8(15)4-2-7/h1-4,6H,(H,17,18). The molecule has 2 aromatic heterocycles. The fraction of sp³-hybridized carbons (Fsp3) is 0. The number of H-pyrrole nitrogens is 1. The summed E-state index contributed by atoms with van der Waals surface area (Å²) >= 11 is 8.26. The summed E-state index contributed by atoms with van der Waals surface area (Å²) in [6.45, 7) is 0. The molecule has 3 aromatic rings. The number of aromatic nitrogens is 3. The van der Waals surface area contributed by atoms with Crippen LogP contribution in [0.15, 0.2) is 39.8 Å². The first-order chi connectivity index (χ1) is 10.2. The molecule has 0 bridgehead atoms. The zero-order valence-electron chi connectivity index (χ0n) is 10.3. The summed E-state index contributed by atoms with van der Waals surface area (Å²) in [5.74, 6) is -0.286. The van der Waals surface area contributed by atoms with Gasteiger partial charge in [0.15, 0.2) is 10.3 Å². The van der Waals surface area contributed by atoms with Crippen molar-refractivity contribution in [1.82, 2.24) is 14.3 Å². The van der Waals surface area contributed by atoms with Crippen LogP contribution in [0.2, 0.25) is 5.15 Å². The second kappa shape index (κ2) is 5.85. The first kappa shape index (κ1) is 14.1. The van der Waals surface area contributed by atoms with E-state index in [2.05, 4.69) is 14.3 Å². The third-order valence-corrected chi connectivity index (χ3v) is 4.91. The molecular formula is C13H6ClFN4S2. The Morgan fingerprint density at radius 1 is 1.33 bits per heavy atom. The summed E-state index contributed by atoms with van der Waals surface area (Å²) in [6, 6.07) is 8.13. The van der Waals surface area contributed by atoms with Crippen LogP contribution in [0.3, 0.4) is 0 Å². The number of hydrogen-bond acceptors (Lipinski definition) is 5. The van der Waals surface area contributed by atoms with Crippen molar-refractivity contribution in [3.05, 3.63) is 47.0 Å². The summed E-state index contributed by atoms with van der Waals surface area (Å²) < 4.78 is 17.5. The number of rotatable bonds is 3. The van der Waals surface area contributed by atoms with Crippen molar-refractivity contribution in [3.8, 4) is 17.3 Å². The van der Waals surface area contributed by atoms with Crippen LogP contribution in [-0.4, -0.2) is 14.3 Å². The molecule has 0 aliphatic heterocycles. The van der Waals surface area contributed by atoms with Gasteiger partial charge in [-0.3, -0.25) is 0 Å². The van der Waals surface area contributed by atoms with Crippen LogP contribution in [0.1, 0.15) is 5.56 Å². The summed E-state index contributed by atoms with van der Waals surface area (Å²) in [5.41, 5.74) is 1.96. The molecule has 0 amide bonds. The minimum atomic E-state index is -0.286. The smallest absolute Gasteiger partial charge is 0.171 e. The van der Waals surface area contributed by atoms with Gasteiger partial charge in [0.2, 0.25) is 0 Å². The zero-order chi connectivity index (χ0) is 14.8. The van der Waals surface area contributed by atoms with Gasteiger partial charge in [0.1, 0.15) is 21.7 Å². The van der Waals surface area contributed by atoms with Crippen molar-refractivity contribution in [2.75, 3.05) is 0 Å². The van der Waals surface area contributed by atoms with Gasteiger partial charge in [-0.1, -0.05) is 11.6 Å². The van der Waals surface area contributed by atoms with Gasteiger partial charge in [0, 0.05) is 0 Å². The Morgan fingerprint density at radius 2 is 2.10 bits per heavy atom. The molecule has 0 saturated carbocycles. The van der Waals surface area contributed by atoms with E-state index in [-0.39, 0.29) is 11.0 Å². The zero-order valence-corrected chi connectivity index (χ0v) is 12.7. The molecule has 0 radical (unpaired) electrons. The van der Waals surface area contributed by atoms with Crippen LogP contribution < -0.4 is 0 Å². The molecule has 2 heterocycles. The Balaban J connectivity index is 1.85. The molecule has 8 heteroatoms. The van der Waals surface area contributed by atoms with Gasteiger partial charge in [0.05, 0.1) is 11.9 Å². The number of benzene rings is 1. The van der Waals surface area contributed by atoms with Crippen molar-refractivity contribution < 1.29 is 4.39 Å². The highest BCUT2D eigenvalue weighted by molar-refractivity contribution is 8.01. The van der Waals surface area contributed by atoms with E-state index in [4.69, 9.17) is 16.9 Å². The number of hydrogen-bond donors (Lipinski definition) is 1. The number of halogens is 2. The van der Waals surface area contributed by atoms with E-state index in [1.54, 1.807) is 18.3 Å². The molecule has 0 aliphatic carbocycles. The van der Waals surface area contributed by atoms with Crippen LogP contribution >= 0.6 is 34.9 Å². The number of nitrogens with zero attached hydrogens (tertiary/aromatic N) is 3. The van der Waals surface area contributed by atoms with Gasteiger partial charge in [-0.15, -0.1) is 0 Å². The van der Waals surface area contributed by atoms with Gasteiger partial charge in [-0.05, 0) is 53.1 Å². The molecule has 0 atom stereocenters. The Hall–Kier alpha value is -1.88. The SMILES string of the molecule is N#Cc1c(Cl)nsc1Sc1ncc(-c2ccc(F)cc2)[nH]1. The van der Waals surface area contributed by atoms with Crippen molar-refractivity contribution in [2.45, 2.75) is 9.37 Å². The van der Waals surface area contributed by atoms with E-state index in [1.807, 2.05) is 6.07 Å². The maximum absolute atomic E-state index is 12.9. The molecule has 1 N–H and O–H groups in total. The number of aromatic amines is 1. The lowest BCUT2D eigenvalue weighted by molar-refractivity contribution is 0.628. The first-order valence-corrected chi connectivity index (χ1v) is 7.68. The van der Waals surface area contributed by atoms with E-state index in [0.29, 0.717) is 14.9 Å². The largest absolute Gasteiger partial charge is 0.333 e. The minimum Gasteiger partial charge on any atom is -0.333 e. The molecule has 0 aliphatic rings. The normalized spacial score (nSPS) is 10.5. The molecule has 4 nitrogen and oxygen atoms in total. The summed E-state index contributed by atoms with van der Waals surface area (Å²) in [5, 5.41) is 9.85. The lowest BCUT2D eigenvalue weighted by Crippen LogP contribution is -1.80. The van der Waals surface area contributed by atoms with Crippen LogP contribution in [0, 0.1) is 17.1 Å². The quantitative estimate of drug-likeness (QED) is 0.772. The van der Waals surface area contributed by atoms with Crippen LogP contribution in [0.25, 0.3) is 11.3 Å². The highest BCUT2D eigenvalue weighted by Crippen LogP contribution is 2.35. The number of imidazole rings is 1. The average Bonchev–Trinajstić information content (AvgIpc) is 3.07. The van der Waals surface area contributed by atoms with E-state index in [0.717, 1.165) is 22.8 Å². The van der Waals surface area contributed by atoms with Gasteiger partial charge < -0.3 is 4.98 Å². The Morgan fingerprint density at radius 3 is 2.81 bits per heavy atom. The Labute approximate surface area is 132 Å². The molecule has 104 valence electrons. The summed E-state index contributed by atoms with van der Waals surface area (Å²) in [6.07, 6.45) is 1.66. The molecular weight excluding hydrogens is 331 g/mol. The molecule has 0 saturated heterocycles. The van der Waals surface area contributed by atoms with E-state index < -0.39 is 0 Å². The second-order valence-electron chi connectivity index (χ2n) is 3.96. The monoisotopic (exact) mass is 336 g/mol. The minimum absolute atomic E-state index is 0.204. The average molecular weight is 337 g/mol. The fourth-order valence-electron chi connectivity index (χ4n) is 1.64. The lowest BCUT2D eigenvalue weighted by atomic mass is 10.2. The van der Waals surface area contributed by atoms with Gasteiger partial charge in [0.25, 0.3) is 0 Å². The summed E-state index contributed by atoms with van der Waals surface area (Å²) in [7, 11) is 0. The van der Waals surface area contributed by atoms with Crippen LogP contribution in [-0.2, 0) is 0 Å². The van der Waals surface area contributed by atoms with Gasteiger partial charge >= 0.3 is 0 Å². The number of nitrogens with one attached hydrogen (secondary N) is 1. The van der Waals surface area contributed by atoms with E-state index >= 15 is 0 Å². The third-order valence-electron chi connectivity index (χ3n) is 2.63. The second-order valence-corrected chi connectivity index (χ2v) is 6.35. The maximum atomic E-state index is 12.9. The predicted molar refractivity (Wildman–Crippen MR) is 79.9 cm³/mol. The van der Waals surface area contributed by atoms with Crippen molar-refractivity contribution in [1.29, 1.82) is 5.26 Å². The first-order valence-electron chi connectivity index (χ1n) is 5.71. The molecule has 0 spiro atoms. The van der Waals surface area contributed by atoms with Gasteiger partial charge in [-0.2, -0.15) is 9.64 Å². The van der Waals surface area contributed by atoms with Crippen LogP contribution in [0.5, 0.6) is 0 Å². The molecule has 3 rings (SSSR count). The van der Waals surface area contributed by atoms with Crippen LogP contribution in [0.4, 0.5) is 4.39 Å². The molecule has 0 unspecified atom stereocenters. The Bertz CT molecular complexity index is 820. The third kappa shape index (κ3) is 2.93. The van der Waals surface area contributed by atoms with Crippen molar-refractivity contribution >= 4 is 34.9 Å². The highest BCUT2D eigenvalue weighted by atomic mass is 35.5. The number of nitriles is 1. The topological polar surface area (TPSA) is 65.4 Å². The predicted octanol–water partition coefficient (Wildman–Crippen LogP) is 4.35.